The Kier molecular flexibility index (Phi) is 7.86. The first-order valence-electron chi connectivity index (χ1n) is 9.33. The zero-order valence-electron chi connectivity index (χ0n) is 17.2. The van der Waals surface area contributed by atoms with E-state index < -0.39 is 11.8 Å². The Bertz CT molecular complexity index is 1170. The predicted molar refractivity (Wildman–Crippen MR) is 128 cm³/mol. The normalized spacial score (nSPS) is 10.6. The van der Waals surface area contributed by atoms with Crippen LogP contribution in [-0.4, -0.2) is 32.2 Å². The highest BCUT2D eigenvalue weighted by atomic mass is 79.9. The van der Waals surface area contributed by atoms with Crippen LogP contribution in [0, 0.1) is 0 Å². The van der Waals surface area contributed by atoms with Crippen LogP contribution >= 0.6 is 27.5 Å². The van der Waals surface area contributed by atoms with Gasteiger partial charge in [0.1, 0.15) is 0 Å². The number of hydrazone groups is 1. The Hall–Kier alpha value is -3.36. The molecule has 0 saturated heterocycles. The topological polar surface area (TPSA) is 89.0 Å². The van der Waals surface area contributed by atoms with E-state index in [1.54, 1.807) is 60.7 Å². The summed E-state index contributed by atoms with van der Waals surface area (Å²) in [5.74, 6) is 0.0304. The van der Waals surface area contributed by atoms with Gasteiger partial charge in [0.15, 0.2) is 11.5 Å². The summed E-state index contributed by atoms with van der Waals surface area (Å²) in [7, 11) is 3.00. The lowest BCUT2D eigenvalue weighted by molar-refractivity contribution is 0.0956. The minimum absolute atomic E-state index is 0.237. The van der Waals surface area contributed by atoms with Crippen LogP contribution in [0.25, 0.3) is 0 Å². The van der Waals surface area contributed by atoms with Gasteiger partial charge in [-0.1, -0.05) is 39.7 Å². The standard InChI is InChI=1S/C23H19BrClN3O4/c1-31-20-10-5-15(11-21(20)32-2)22(29)27-19-9-6-16(24)12-18(19)23(30)28-26-13-14-3-7-17(25)8-4-14/h3-13H,1-2H3,(H,27,29)(H,28,30). The highest BCUT2D eigenvalue weighted by Gasteiger charge is 2.16. The van der Waals surface area contributed by atoms with Gasteiger partial charge in [0.05, 0.1) is 31.7 Å². The molecule has 2 N–H and O–H groups in total. The monoisotopic (exact) mass is 515 g/mol. The fourth-order valence-electron chi connectivity index (χ4n) is 2.76. The van der Waals surface area contributed by atoms with Gasteiger partial charge in [-0.3, -0.25) is 9.59 Å². The molecular weight excluding hydrogens is 498 g/mol. The number of rotatable bonds is 7. The zero-order valence-corrected chi connectivity index (χ0v) is 19.5. The summed E-state index contributed by atoms with van der Waals surface area (Å²) in [6, 6.07) is 16.7. The van der Waals surface area contributed by atoms with E-state index in [4.69, 9.17) is 21.1 Å². The van der Waals surface area contributed by atoms with Crippen molar-refractivity contribution in [2.24, 2.45) is 5.10 Å². The molecule has 7 nitrogen and oxygen atoms in total. The van der Waals surface area contributed by atoms with Crippen LogP contribution < -0.4 is 20.2 Å². The van der Waals surface area contributed by atoms with Gasteiger partial charge in [0, 0.05) is 15.1 Å². The molecular formula is C23H19BrClN3O4. The molecule has 9 heteroatoms. The Labute approximate surface area is 198 Å². The number of ether oxygens (including phenoxy) is 2. The number of hydrogen-bond donors (Lipinski definition) is 2. The number of anilines is 1. The van der Waals surface area contributed by atoms with E-state index >= 15 is 0 Å². The lowest BCUT2D eigenvalue weighted by Crippen LogP contribution is -2.21. The van der Waals surface area contributed by atoms with Crippen molar-refractivity contribution in [3.63, 3.8) is 0 Å². The number of amides is 2. The van der Waals surface area contributed by atoms with Gasteiger partial charge in [-0.05, 0) is 54.1 Å². The Morgan fingerprint density at radius 1 is 0.938 bits per heavy atom. The molecule has 0 fully saturated rings. The molecule has 32 heavy (non-hydrogen) atoms. The molecule has 0 heterocycles. The van der Waals surface area contributed by atoms with Gasteiger partial charge < -0.3 is 14.8 Å². The number of hydrogen-bond acceptors (Lipinski definition) is 5. The first-order chi connectivity index (χ1) is 15.4. The third-order valence-corrected chi connectivity index (χ3v) is 5.12. The fraction of sp³-hybridized carbons (Fsp3) is 0.0870. The maximum Gasteiger partial charge on any atom is 0.273 e. The molecule has 0 aliphatic carbocycles. The van der Waals surface area contributed by atoms with Crippen molar-refractivity contribution >= 4 is 51.2 Å². The van der Waals surface area contributed by atoms with Crippen molar-refractivity contribution in [3.8, 4) is 11.5 Å². The van der Waals surface area contributed by atoms with Crippen LogP contribution in [0.4, 0.5) is 5.69 Å². The molecule has 0 saturated carbocycles. The first-order valence-corrected chi connectivity index (χ1v) is 10.5. The fourth-order valence-corrected chi connectivity index (χ4v) is 3.25. The third kappa shape index (κ3) is 5.87. The summed E-state index contributed by atoms with van der Waals surface area (Å²) in [5.41, 5.74) is 4.14. The van der Waals surface area contributed by atoms with Crippen LogP contribution in [0.3, 0.4) is 0 Å². The number of nitrogens with one attached hydrogen (secondary N) is 2. The van der Waals surface area contributed by atoms with Crippen molar-refractivity contribution in [1.82, 2.24) is 5.43 Å². The van der Waals surface area contributed by atoms with Crippen molar-refractivity contribution < 1.29 is 19.1 Å². The predicted octanol–water partition coefficient (Wildman–Crippen LogP) is 5.14. The summed E-state index contributed by atoms with van der Waals surface area (Å²) in [5, 5.41) is 7.33. The average molecular weight is 517 g/mol. The third-order valence-electron chi connectivity index (χ3n) is 4.37. The molecule has 0 aliphatic heterocycles. The second-order valence-corrected chi connectivity index (χ2v) is 7.82. The summed E-state index contributed by atoms with van der Waals surface area (Å²) < 4.78 is 11.1. The Morgan fingerprint density at radius 2 is 1.66 bits per heavy atom. The molecule has 0 atom stereocenters. The highest BCUT2D eigenvalue weighted by Crippen LogP contribution is 2.28. The van der Waals surface area contributed by atoms with Crippen molar-refractivity contribution in [2.45, 2.75) is 0 Å². The maximum absolute atomic E-state index is 12.8. The van der Waals surface area contributed by atoms with Crippen molar-refractivity contribution in [3.05, 3.63) is 86.8 Å². The summed E-state index contributed by atoms with van der Waals surface area (Å²) in [6.45, 7) is 0. The van der Waals surface area contributed by atoms with Crippen molar-refractivity contribution in [1.29, 1.82) is 0 Å². The quantitative estimate of drug-likeness (QED) is 0.336. The second kappa shape index (κ2) is 10.8. The van der Waals surface area contributed by atoms with Gasteiger partial charge in [0.25, 0.3) is 11.8 Å². The number of nitrogens with zero attached hydrogens (tertiary/aromatic N) is 1. The summed E-state index contributed by atoms with van der Waals surface area (Å²) in [6.07, 6.45) is 1.49. The first kappa shape index (κ1) is 23.3. The molecule has 0 radical (unpaired) electrons. The summed E-state index contributed by atoms with van der Waals surface area (Å²) in [4.78, 5) is 25.5. The van der Waals surface area contributed by atoms with E-state index in [-0.39, 0.29) is 5.56 Å². The van der Waals surface area contributed by atoms with Crippen LogP contribution in [0.1, 0.15) is 26.3 Å². The molecule has 0 aromatic heterocycles. The van der Waals surface area contributed by atoms with Crippen LogP contribution in [0.15, 0.2) is 70.2 Å². The number of benzene rings is 3. The van der Waals surface area contributed by atoms with Crippen LogP contribution in [-0.2, 0) is 0 Å². The smallest absolute Gasteiger partial charge is 0.273 e. The number of halogens is 2. The van der Waals surface area contributed by atoms with Gasteiger partial charge in [-0.25, -0.2) is 5.43 Å². The van der Waals surface area contributed by atoms with E-state index in [1.807, 2.05) is 0 Å². The van der Waals surface area contributed by atoms with E-state index in [0.717, 1.165) is 5.56 Å². The SMILES string of the molecule is COc1ccc(C(=O)Nc2ccc(Br)cc2C(=O)NN=Cc2ccc(Cl)cc2)cc1OC. The van der Waals surface area contributed by atoms with Gasteiger partial charge in [-0.2, -0.15) is 5.10 Å². The second-order valence-electron chi connectivity index (χ2n) is 6.46. The maximum atomic E-state index is 12.8. The molecule has 3 aromatic rings. The molecule has 0 unspecified atom stereocenters. The van der Waals surface area contributed by atoms with Gasteiger partial charge in [-0.15, -0.1) is 0 Å². The number of carbonyl (C=O) groups excluding carboxylic acids is 2. The largest absolute Gasteiger partial charge is 0.493 e. The molecule has 0 aliphatic rings. The Balaban J connectivity index is 1.77. The molecule has 3 rings (SSSR count). The average Bonchev–Trinajstić information content (AvgIpc) is 2.80. The summed E-state index contributed by atoms with van der Waals surface area (Å²) >= 11 is 9.21. The molecule has 0 spiro atoms. The van der Waals surface area contributed by atoms with E-state index in [2.05, 4.69) is 31.8 Å². The van der Waals surface area contributed by atoms with Crippen molar-refractivity contribution in [2.75, 3.05) is 19.5 Å². The zero-order chi connectivity index (χ0) is 23.1. The van der Waals surface area contributed by atoms with E-state index in [0.29, 0.717) is 32.2 Å². The minimum atomic E-state index is -0.487. The number of methoxy groups -OCH3 is 2. The Morgan fingerprint density at radius 3 is 2.34 bits per heavy atom. The molecule has 2 amide bonds. The lowest BCUT2D eigenvalue weighted by atomic mass is 10.1. The van der Waals surface area contributed by atoms with Gasteiger partial charge >= 0.3 is 0 Å². The lowest BCUT2D eigenvalue weighted by Gasteiger charge is -2.12. The highest BCUT2D eigenvalue weighted by molar-refractivity contribution is 9.10. The molecule has 0 bridgehead atoms. The van der Waals surface area contributed by atoms with E-state index in [1.165, 1.54) is 20.4 Å². The van der Waals surface area contributed by atoms with Gasteiger partial charge in [0.2, 0.25) is 0 Å². The van der Waals surface area contributed by atoms with E-state index in [9.17, 15) is 9.59 Å². The molecule has 164 valence electrons. The number of carbonyl (C=O) groups is 2. The van der Waals surface area contributed by atoms with Crippen LogP contribution in [0.5, 0.6) is 11.5 Å². The molecule has 3 aromatic carbocycles. The minimum Gasteiger partial charge on any atom is -0.493 e. The van der Waals surface area contributed by atoms with Crippen LogP contribution in [0.2, 0.25) is 5.02 Å².